The van der Waals surface area contributed by atoms with Crippen molar-refractivity contribution in [3.63, 3.8) is 0 Å². The molecule has 1 heterocycles. The highest BCUT2D eigenvalue weighted by atomic mass is 35.5. The fourth-order valence-electron chi connectivity index (χ4n) is 2.43. The van der Waals surface area contributed by atoms with Gasteiger partial charge in [-0.3, -0.25) is 15.6 Å². The number of unbranched alkanes of at least 4 members (excludes halogenated alkanes) is 1. The van der Waals surface area contributed by atoms with Crippen molar-refractivity contribution in [2.75, 3.05) is 12.0 Å². The van der Waals surface area contributed by atoms with Crippen LogP contribution >= 0.6 is 22.9 Å². The molecule has 0 saturated carbocycles. The number of amides is 1. The maximum Gasteiger partial charge on any atom is 0.238 e. The standard InChI is InChI=1S/C19H20ClN3O2S/c1-13-5-4-6-16-18(13)21-19(26-16)23-22-17(24)7-2-3-12-25-15-10-8-14(20)9-11-15/h4-6,8-11H,2-3,7,12H2,1H3,(H,21,23)(H,22,24). The molecule has 0 aliphatic rings. The molecule has 5 nitrogen and oxygen atoms in total. The van der Waals surface area contributed by atoms with Crippen molar-refractivity contribution in [3.05, 3.63) is 53.1 Å². The summed E-state index contributed by atoms with van der Waals surface area (Å²) >= 11 is 7.34. The monoisotopic (exact) mass is 389 g/mol. The van der Waals surface area contributed by atoms with Crippen LogP contribution in [-0.2, 0) is 4.79 Å². The molecule has 0 spiro atoms. The summed E-state index contributed by atoms with van der Waals surface area (Å²) in [6.45, 7) is 2.59. The van der Waals surface area contributed by atoms with Gasteiger partial charge in [0.05, 0.1) is 16.8 Å². The van der Waals surface area contributed by atoms with E-state index in [-0.39, 0.29) is 5.91 Å². The molecule has 0 bridgehead atoms. The van der Waals surface area contributed by atoms with E-state index in [9.17, 15) is 4.79 Å². The zero-order valence-electron chi connectivity index (χ0n) is 14.4. The maximum atomic E-state index is 11.9. The first-order chi connectivity index (χ1) is 12.6. The second-order valence-corrected chi connectivity index (χ2v) is 7.34. The van der Waals surface area contributed by atoms with Crippen LogP contribution in [0.15, 0.2) is 42.5 Å². The largest absolute Gasteiger partial charge is 0.494 e. The smallest absolute Gasteiger partial charge is 0.238 e. The van der Waals surface area contributed by atoms with E-state index in [0.29, 0.717) is 23.2 Å². The molecule has 136 valence electrons. The Balaban J connectivity index is 1.35. The van der Waals surface area contributed by atoms with Crippen LogP contribution in [-0.4, -0.2) is 17.5 Å². The molecule has 3 aromatic rings. The number of hydrogen-bond donors (Lipinski definition) is 2. The first-order valence-electron chi connectivity index (χ1n) is 8.41. The van der Waals surface area contributed by atoms with Gasteiger partial charge in [0.1, 0.15) is 5.75 Å². The van der Waals surface area contributed by atoms with Crippen LogP contribution in [0.3, 0.4) is 0 Å². The molecule has 0 radical (unpaired) electrons. The Kier molecular flexibility index (Phi) is 6.30. The highest BCUT2D eigenvalue weighted by Crippen LogP contribution is 2.27. The zero-order chi connectivity index (χ0) is 18.4. The molecule has 0 aliphatic carbocycles. The summed E-state index contributed by atoms with van der Waals surface area (Å²) in [6.07, 6.45) is 1.98. The number of aryl methyl sites for hydroxylation is 1. The normalized spacial score (nSPS) is 10.7. The van der Waals surface area contributed by atoms with E-state index in [0.717, 1.165) is 34.4 Å². The van der Waals surface area contributed by atoms with E-state index in [2.05, 4.69) is 15.8 Å². The fraction of sp³-hybridized carbons (Fsp3) is 0.263. The lowest BCUT2D eigenvalue weighted by Gasteiger charge is -2.07. The second-order valence-electron chi connectivity index (χ2n) is 5.87. The number of aromatic nitrogens is 1. The molecule has 0 atom stereocenters. The molecule has 1 aromatic heterocycles. The number of hydrazine groups is 1. The predicted octanol–water partition coefficient (Wildman–Crippen LogP) is 4.95. The van der Waals surface area contributed by atoms with Crippen molar-refractivity contribution < 1.29 is 9.53 Å². The zero-order valence-corrected chi connectivity index (χ0v) is 16.0. The summed E-state index contributed by atoms with van der Waals surface area (Å²) in [6, 6.07) is 13.3. The average molecular weight is 390 g/mol. The van der Waals surface area contributed by atoms with E-state index in [1.807, 2.05) is 37.3 Å². The van der Waals surface area contributed by atoms with Gasteiger partial charge in [-0.1, -0.05) is 35.1 Å². The number of hydrogen-bond acceptors (Lipinski definition) is 5. The topological polar surface area (TPSA) is 63.2 Å². The molecule has 2 aromatic carbocycles. The minimum absolute atomic E-state index is 0.0625. The molecule has 0 saturated heterocycles. The lowest BCUT2D eigenvalue weighted by Crippen LogP contribution is -2.29. The van der Waals surface area contributed by atoms with E-state index in [1.165, 1.54) is 11.3 Å². The number of para-hydroxylation sites is 1. The number of halogens is 1. The highest BCUT2D eigenvalue weighted by molar-refractivity contribution is 7.22. The third kappa shape index (κ3) is 5.09. The van der Waals surface area contributed by atoms with Gasteiger partial charge in [0, 0.05) is 11.4 Å². The van der Waals surface area contributed by atoms with Crippen molar-refractivity contribution >= 4 is 44.2 Å². The summed E-state index contributed by atoms with van der Waals surface area (Å²) in [5.74, 6) is 0.721. The van der Waals surface area contributed by atoms with E-state index >= 15 is 0 Å². The van der Waals surface area contributed by atoms with Crippen molar-refractivity contribution in [1.82, 2.24) is 10.4 Å². The van der Waals surface area contributed by atoms with Gasteiger partial charge in [-0.2, -0.15) is 0 Å². The van der Waals surface area contributed by atoms with E-state index < -0.39 is 0 Å². The maximum absolute atomic E-state index is 11.9. The minimum atomic E-state index is -0.0625. The lowest BCUT2D eigenvalue weighted by atomic mass is 10.2. The Labute approximate surface area is 161 Å². The average Bonchev–Trinajstić information content (AvgIpc) is 3.06. The van der Waals surface area contributed by atoms with Crippen LogP contribution in [0.2, 0.25) is 5.02 Å². The van der Waals surface area contributed by atoms with Gasteiger partial charge in [-0.25, -0.2) is 4.98 Å². The van der Waals surface area contributed by atoms with Crippen LogP contribution in [0, 0.1) is 6.92 Å². The Morgan fingerprint density at radius 3 is 2.77 bits per heavy atom. The quantitative estimate of drug-likeness (QED) is 0.422. The summed E-state index contributed by atoms with van der Waals surface area (Å²) in [4.78, 5) is 16.4. The van der Waals surface area contributed by atoms with Gasteiger partial charge >= 0.3 is 0 Å². The third-order valence-corrected chi connectivity index (χ3v) is 5.00. The molecule has 0 unspecified atom stereocenters. The van der Waals surface area contributed by atoms with Crippen LogP contribution in [0.1, 0.15) is 24.8 Å². The molecule has 2 N–H and O–H groups in total. The molecule has 3 rings (SSSR count). The van der Waals surface area contributed by atoms with Gasteiger partial charge in [0.25, 0.3) is 0 Å². The fourth-order valence-corrected chi connectivity index (χ4v) is 3.46. The van der Waals surface area contributed by atoms with Crippen molar-refractivity contribution in [1.29, 1.82) is 0 Å². The van der Waals surface area contributed by atoms with E-state index in [4.69, 9.17) is 16.3 Å². The first-order valence-corrected chi connectivity index (χ1v) is 9.60. The van der Waals surface area contributed by atoms with Gasteiger partial charge in [-0.15, -0.1) is 0 Å². The minimum Gasteiger partial charge on any atom is -0.494 e. The van der Waals surface area contributed by atoms with Crippen molar-refractivity contribution in [2.24, 2.45) is 0 Å². The van der Waals surface area contributed by atoms with Gasteiger partial charge < -0.3 is 4.74 Å². The molecule has 0 aliphatic heterocycles. The summed E-state index contributed by atoms with van der Waals surface area (Å²) in [5, 5.41) is 1.37. The lowest BCUT2D eigenvalue weighted by molar-refractivity contribution is -0.120. The number of fused-ring (bicyclic) bond motifs is 1. The Morgan fingerprint density at radius 1 is 1.19 bits per heavy atom. The van der Waals surface area contributed by atoms with Crippen molar-refractivity contribution in [2.45, 2.75) is 26.2 Å². The number of rotatable bonds is 8. The molecular formula is C19H20ClN3O2S. The van der Waals surface area contributed by atoms with E-state index in [1.54, 1.807) is 12.1 Å². The third-order valence-electron chi connectivity index (χ3n) is 3.81. The Morgan fingerprint density at radius 2 is 2.00 bits per heavy atom. The summed E-state index contributed by atoms with van der Waals surface area (Å²) in [7, 11) is 0. The predicted molar refractivity (Wildman–Crippen MR) is 107 cm³/mol. The van der Waals surface area contributed by atoms with Gasteiger partial charge in [0.15, 0.2) is 0 Å². The number of anilines is 1. The number of ether oxygens (including phenoxy) is 1. The molecular weight excluding hydrogens is 370 g/mol. The SMILES string of the molecule is Cc1cccc2sc(NNC(=O)CCCCOc3ccc(Cl)cc3)nc12. The van der Waals surface area contributed by atoms with Gasteiger partial charge in [0.2, 0.25) is 11.0 Å². The molecule has 26 heavy (non-hydrogen) atoms. The van der Waals surface area contributed by atoms with Crippen LogP contribution in [0.5, 0.6) is 5.75 Å². The number of thiazole rings is 1. The summed E-state index contributed by atoms with van der Waals surface area (Å²) in [5.41, 5.74) is 7.69. The molecule has 7 heteroatoms. The van der Waals surface area contributed by atoms with Crippen molar-refractivity contribution in [3.8, 4) is 5.75 Å². The Bertz CT molecular complexity index is 880. The number of nitrogens with one attached hydrogen (secondary N) is 2. The van der Waals surface area contributed by atoms with Crippen LogP contribution < -0.4 is 15.6 Å². The van der Waals surface area contributed by atoms with Crippen LogP contribution in [0.4, 0.5) is 5.13 Å². The highest BCUT2D eigenvalue weighted by Gasteiger charge is 2.07. The first kappa shape index (κ1) is 18.5. The van der Waals surface area contributed by atoms with Crippen LogP contribution in [0.25, 0.3) is 10.2 Å². The molecule has 1 amide bonds. The molecule has 0 fully saturated rings. The second kappa shape index (κ2) is 8.87. The van der Waals surface area contributed by atoms with Gasteiger partial charge in [-0.05, 0) is 55.7 Å². The number of benzene rings is 2. The summed E-state index contributed by atoms with van der Waals surface area (Å²) < 4.78 is 6.70. The Hall–Kier alpha value is -2.31. The number of carbonyl (C=O) groups is 1. The number of carbonyl (C=O) groups excluding carboxylic acids is 1. The number of nitrogens with zero attached hydrogens (tertiary/aromatic N) is 1.